The molecule has 0 saturated carbocycles. The fourth-order valence-corrected chi connectivity index (χ4v) is 1.62. The molecule has 1 unspecified atom stereocenters. The molecule has 1 atom stereocenters. The van der Waals surface area contributed by atoms with Crippen LogP contribution in [0.4, 0.5) is 0 Å². The van der Waals surface area contributed by atoms with E-state index in [0.717, 1.165) is 18.1 Å². The van der Waals surface area contributed by atoms with Gasteiger partial charge in [-0.15, -0.1) is 11.3 Å². The Morgan fingerprint density at radius 1 is 1.58 bits per heavy atom. The van der Waals surface area contributed by atoms with E-state index in [1.54, 1.807) is 11.3 Å². The molecule has 3 nitrogen and oxygen atoms in total. The van der Waals surface area contributed by atoms with Gasteiger partial charge in [0, 0.05) is 24.7 Å². The minimum Gasteiger partial charge on any atom is -0.318 e. The zero-order valence-corrected chi connectivity index (χ0v) is 8.32. The van der Waals surface area contributed by atoms with Crippen LogP contribution in [0, 0.1) is 0 Å². The lowest BCUT2D eigenvalue weighted by atomic mass is 10.3. The van der Waals surface area contributed by atoms with Crippen molar-refractivity contribution >= 4 is 11.3 Å². The predicted octanol–water partition coefficient (Wildman–Crippen LogP) is 1.01. The summed E-state index contributed by atoms with van der Waals surface area (Å²) in [7, 11) is 1.95. The van der Waals surface area contributed by atoms with Gasteiger partial charge in [0.15, 0.2) is 0 Å². The average molecular weight is 185 g/mol. The van der Waals surface area contributed by atoms with Crippen LogP contribution in [0.15, 0.2) is 11.6 Å². The molecule has 0 fully saturated rings. The number of hydrogen-bond acceptors (Lipinski definition) is 4. The molecule has 4 heteroatoms. The van der Waals surface area contributed by atoms with E-state index >= 15 is 0 Å². The van der Waals surface area contributed by atoms with E-state index < -0.39 is 0 Å². The van der Waals surface area contributed by atoms with Crippen LogP contribution in [-0.4, -0.2) is 25.1 Å². The minimum absolute atomic E-state index is 0.373. The number of aromatic nitrogens is 1. The quantitative estimate of drug-likeness (QED) is 0.672. The molecule has 1 heterocycles. The lowest BCUT2D eigenvalue weighted by molar-refractivity contribution is 0.560. The van der Waals surface area contributed by atoms with Crippen LogP contribution < -0.4 is 10.6 Å². The average Bonchev–Trinajstić information content (AvgIpc) is 2.56. The molecule has 0 aliphatic rings. The van der Waals surface area contributed by atoms with Gasteiger partial charge in [-0.25, -0.2) is 4.98 Å². The zero-order valence-electron chi connectivity index (χ0n) is 7.50. The van der Waals surface area contributed by atoms with Gasteiger partial charge in [-0.1, -0.05) is 0 Å². The molecule has 0 aromatic carbocycles. The highest BCUT2D eigenvalue weighted by molar-refractivity contribution is 7.09. The molecule has 0 amide bonds. The van der Waals surface area contributed by atoms with E-state index in [9.17, 15) is 0 Å². The predicted molar refractivity (Wildman–Crippen MR) is 52.5 cm³/mol. The summed E-state index contributed by atoms with van der Waals surface area (Å²) in [4.78, 5) is 4.23. The van der Waals surface area contributed by atoms with Crippen LogP contribution in [0.1, 0.15) is 18.0 Å². The molecule has 1 aromatic rings. The molecule has 1 rings (SSSR count). The van der Waals surface area contributed by atoms with Crippen LogP contribution >= 0.6 is 11.3 Å². The number of hydrogen-bond donors (Lipinski definition) is 2. The van der Waals surface area contributed by atoms with Crippen molar-refractivity contribution in [2.24, 2.45) is 0 Å². The molecule has 0 aliphatic heterocycles. The SMILES string of the molecule is CNCCNC(C)c1nccs1. The second kappa shape index (κ2) is 5.24. The van der Waals surface area contributed by atoms with Gasteiger partial charge in [0.25, 0.3) is 0 Å². The van der Waals surface area contributed by atoms with Crippen molar-refractivity contribution in [3.8, 4) is 0 Å². The number of likely N-dealkylation sites (N-methyl/N-ethyl adjacent to an activating group) is 1. The van der Waals surface area contributed by atoms with E-state index in [2.05, 4.69) is 22.5 Å². The highest BCUT2D eigenvalue weighted by Crippen LogP contribution is 2.13. The Morgan fingerprint density at radius 3 is 3.00 bits per heavy atom. The smallest absolute Gasteiger partial charge is 0.109 e. The summed E-state index contributed by atoms with van der Waals surface area (Å²) in [5.74, 6) is 0. The summed E-state index contributed by atoms with van der Waals surface area (Å²) in [5.41, 5.74) is 0. The lowest BCUT2D eigenvalue weighted by Crippen LogP contribution is -2.27. The molecular weight excluding hydrogens is 170 g/mol. The third kappa shape index (κ3) is 2.89. The van der Waals surface area contributed by atoms with Crippen LogP contribution in [-0.2, 0) is 0 Å². The first-order valence-electron chi connectivity index (χ1n) is 4.12. The van der Waals surface area contributed by atoms with Gasteiger partial charge < -0.3 is 10.6 Å². The van der Waals surface area contributed by atoms with Gasteiger partial charge in [-0.3, -0.25) is 0 Å². The Labute approximate surface area is 77.2 Å². The molecule has 0 saturated heterocycles. The number of thiazole rings is 1. The first-order valence-corrected chi connectivity index (χ1v) is 5.00. The summed E-state index contributed by atoms with van der Waals surface area (Å²) in [6.07, 6.45) is 1.84. The zero-order chi connectivity index (χ0) is 8.81. The molecule has 2 N–H and O–H groups in total. The van der Waals surface area contributed by atoms with Gasteiger partial charge in [-0.2, -0.15) is 0 Å². The topological polar surface area (TPSA) is 37.0 Å². The number of nitrogens with one attached hydrogen (secondary N) is 2. The number of nitrogens with zero attached hydrogens (tertiary/aromatic N) is 1. The van der Waals surface area contributed by atoms with Crippen molar-refractivity contribution in [3.63, 3.8) is 0 Å². The molecule has 68 valence electrons. The highest BCUT2D eigenvalue weighted by Gasteiger charge is 2.05. The van der Waals surface area contributed by atoms with E-state index in [1.807, 2.05) is 18.6 Å². The van der Waals surface area contributed by atoms with Crippen LogP contribution in [0.2, 0.25) is 0 Å². The Hall–Kier alpha value is -0.450. The maximum absolute atomic E-state index is 4.23. The Kier molecular flexibility index (Phi) is 4.21. The lowest BCUT2D eigenvalue weighted by Gasteiger charge is -2.09. The summed E-state index contributed by atoms with van der Waals surface area (Å²) in [6, 6.07) is 0.373. The first kappa shape index (κ1) is 9.64. The van der Waals surface area contributed by atoms with Crippen molar-refractivity contribution in [1.29, 1.82) is 0 Å². The normalized spacial score (nSPS) is 13.2. The standard InChI is InChI=1S/C8H15N3S/c1-7(10-4-3-9-2)8-11-5-6-12-8/h5-7,9-10H,3-4H2,1-2H3. The van der Waals surface area contributed by atoms with Crippen molar-refractivity contribution in [2.45, 2.75) is 13.0 Å². The highest BCUT2D eigenvalue weighted by atomic mass is 32.1. The second-order valence-corrected chi connectivity index (χ2v) is 3.58. The summed E-state index contributed by atoms with van der Waals surface area (Å²) < 4.78 is 0. The van der Waals surface area contributed by atoms with Crippen molar-refractivity contribution in [1.82, 2.24) is 15.6 Å². The number of rotatable bonds is 5. The Morgan fingerprint density at radius 2 is 2.42 bits per heavy atom. The molecule has 0 bridgehead atoms. The second-order valence-electron chi connectivity index (χ2n) is 2.65. The third-order valence-electron chi connectivity index (χ3n) is 1.65. The van der Waals surface area contributed by atoms with E-state index in [1.165, 1.54) is 0 Å². The Balaban J connectivity index is 2.25. The monoisotopic (exact) mass is 185 g/mol. The molecule has 0 spiro atoms. The largest absolute Gasteiger partial charge is 0.318 e. The summed E-state index contributed by atoms with van der Waals surface area (Å²) in [6.45, 7) is 4.11. The van der Waals surface area contributed by atoms with Crippen LogP contribution in [0.5, 0.6) is 0 Å². The maximum atomic E-state index is 4.23. The van der Waals surface area contributed by atoms with Gasteiger partial charge in [0.05, 0.1) is 6.04 Å². The van der Waals surface area contributed by atoms with Gasteiger partial charge in [0.2, 0.25) is 0 Å². The summed E-state index contributed by atoms with van der Waals surface area (Å²) >= 11 is 1.70. The third-order valence-corrected chi connectivity index (χ3v) is 2.61. The van der Waals surface area contributed by atoms with Gasteiger partial charge in [0.1, 0.15) is 5.01 Å². The molecule has 12 heavy (non-hydrogen) atoms. The fraction of sp³-hybridized carbons (Fsp3) is 0.625. The Bertz CT molecular complexity index is 198. The van der Waals surface area contributed by atoms with Crippen molar-refractivity contribution in [3.05, 3.63) is 16.6 Å². The maximum Gasteiger partial charge on any atom is 0.109 e. The molecule has 0 aliphatic carbocycles. The molecule has 0 radical (unpaired) electrons. The van der Waals surface area contributed by atoms with E-state index in [4.69, 9.17) is 0 Å². The van der Waals surface area contributed by atoms with Crippen molar-refractivity contribution in [2.75, 3.05) is 20.1 Å². The van der Waals surface area contributed by atoms with Gasteiger partial charge in [-0.05, 0) is 14.0 Å². The molecular formula is C8H15N3S. The minimum atomic E-state index is 0.373. The van der Waals surface area contributed by atoms with Crippen LogP contribution in [0.25, 0.3) is 0 Å². The van der Waals surface area contributed by atoms with Crippen molar-refractivity contribution < 1.29 is 0 Å². The van der Waals surface area contributed by atoms with Crippen LogP contribution in [0.3, 0.4) is 0 Å². The van der Waals surface area contributed by atoms with Gasteiger partial charge >= 0.3 is 0 Å². The first-order chi connectivity index (χ1) is 5.84. The molecule has 1 aromatic heterocycles. The summed E-state index contributed by atoms with van der Waals surface area (Å²) in [5, 5.41) is 9.62. The van der Waals surface area contributed by atoms with E-state index in [0.29, 0.717) is 6.04 Å². The fourth-order valence-electron chi connectivity index (χ4n) is 0.949. The van der Waals surface area contributed by atoms with E-state index in [-0.39, 0.29) is 0 Å².